The molecule has 0 aromatic heterocycles. The molecule has 4 aromatic rings. The minimum atomic E-state index is -0.421. The monoisotopic (exact) mass is 1120 g/mol. The lowest BCUT2D eigenvalue weighted by Gasteiger charge is -2.21. The highest BCUT2D eigenvalue weighted by atomic mass is 128. The smallest absolute Gasteiger partial charge is 0.126 e. The zero-order valence-corrected chi connectivity index (χ0v) is 40.9. The average Bonchev–Trinajstić information content (AvgIpc) is 3.18. The molecule has 4 aromatic carbocycles. The van der Waals surface area contributed by atoms with Crippen LogP contribution in [-0.4, -0.2) is 95.6 Å². The maximum absolute atomic E-state index is 10.3. The molecule has 4 rings (SSSR count). The molecule has 10 nitrogen and oxygen atoms in total. The van der Waals surface area contributed by atoms with Crippen LogP contribution in [0.5, 0.6) is 23.0 Å². The number of aromatic hydroxyl groups is 4. The third-order valence-corrected chi connectivity index (χ3v) is 8.68. The van der Waals surface area contributed by atoms with Crippen molar-refractivity contribution in [3.63, 3.8) is 0 Å². The van der Waals surface area contributed by atoms with Crippen LogP contribution >= 0.6 is 61.2 Å². The maximum atomic E-state index is 10.3. The van der Waals surface area contributed by atoms with Crippen LogP contribution in [0.1, 0.15) is 77.6 Å². The normalized spacial score (nSPS) is 11.6. The summed E-state index contributed by atoms with van der Waals surface area (Å²) < 4.78 is 0. The lowest BCUT2D eigenvalue weighted by Crippen LogP contribution is -2.22. The Hall–Kier alpha value is -3.45. The fourth-order valence-corrected chi connectivity index (χ4v) is 5.35. The highest BCUT2D eigenvalue weighted by molar-refractivity contribution is 15.0. The van der Waals surface area contributed by atoms with E-state index in [-0.39, 0.29) is 47.0 Å². The quantitative estimate of drug-likeness (QED) is 0.0652. The highest BCUT2D eigenvalue weighted by Gasteiger charge is 2.16. The Bertz CT molecular complexity index is 1770. The number of para-hydroxylation sites is 2. The second-order valence-corrected chi connectivity index (χ2v) is 14.0. The van der Waals surface area contributed by atoms with Crippen LogP contribution < -0.4 is 9.80 Å². The van der Waals surface area contributed by atoms with Gasteiger partial charge in [-0.15, -0.1) is 24.0 Å². The predicted octanol–water partition coefficient (Wildman–Crippen LogP) is 10.9. The van der Waals surface area contributed by atoms with Crippen molar-refractivity contribution in [3.05, 3.63) is 107 Å². The van der Waals surface area contributed by atoms with Crippen molar-refractivity contribution in [2.24, 2.45) is 20.0 Å². The van der Waals surface area contributed by atoms with Gasteiger partial charge in [0, 0.05) is 134 Å². The minimum absolute atomic E-state index is 0. The second kappa shape index (κ2) is 26.5. The Labute approximate surface area is 380 Å². The molecule has 0 saturated carbocycles. The van der Waals surface area contributed by atoms with Crippen LogP contribution in [0, 0.1) is 0 Å². The Morgan fingerprint density at radius 3 is 1.11 bits per heavy atom. The summed E-state index contributed by atoms with van der Waals surface area (Å²) in [7, 11) is 0. The van der Waals surface area contributed by atoms with Gasteiger partial charge in [-0.25, -0.2) is 0 Å². The van der Waals surface area contributed by atoms with Crippen molar-refractivity contribution >= 4 is 97.4 Å². The SMILES string of the molecule is CCN(CC)c1ccc(C=NCC(C)(C)N=Cc2ccccc2O)c(O)c1.CCN(CC)c1ccc(C=NCC(C)(C)N=Cc2ccccc2O)c(O)c1.I.II. The van der Waals surface area contributed by atoms with E-state index in [0.717, 1.165) is 37.6 Å². The molecule has 0 aliphatic rings. The van der Waals surface area contributed by atoms with Gasteiger partial charge in [-0.3, -0.25) is 20.0 Å². The zero-order valence-electron chi connectivity index (χ0n) is 34.3. The molecule has 310 valence electrons. The van der Waals surface area contributed by atoms with Gasteiger partial charge in [-0.2, -0.15) is 0 Å². The van der Waals surface area contributed by atoms with E-state index in [1.165, 1.54) is 0 Å². The summed E-state index contributed by atoms with van der Waals surface area (Å²) in [5, 5.41) is 40.2. The number of nitrogens with zero attached hydrogens (tertiary/aromatic N) is 6. The summed E-state index contributed by atoms with van der Waals surface area (Å²) in [5.41, 5.74) is 3.89. The molecule has 0 spiro atoms. The number of hydrogen-bond donors (Lipinski definition) is 4. The van der Waals surface area contributed by atoms with E-state index >= 15 is 0 Å². The summed E-state index contributed by atoms with van der Waals surface area (Å²) in [5.74, 6) is 0.856. The third kappa shape index (κ3) is 17.9. The number of phenols is 4. The largest absolute Gasteiger partial charge is 0.507 e. The van der Waals surface area contributed by atoms with Gasteiger partial charge in [0.1, 0.15) is 23.0 Å². The number of rotatable bonds is 16. The zero-order chi connectivity index (χ0) is 41.7. The van der Waals surface area contributed by atoms with Crippen molar-refractivity contribution in [2.45, 2.75) is 66.5 Å². The van der Waals surface area contributed by atoms with Gasteiger partial charge in [-0.1, -0.05) is 24.3 Å². The Balaban J connectivity index is 0.000000537. The topological polar surface area (TPSA) is 137 Å². The van der Waals surface area contributed by atoms with Crippen molar-refractivity contribution in [1.82, 2.24) is 0 Å². The van der Waals surface area contributed by atoms with Crippen LogP contribution in [0.4, 0.5) is 11.4 Å². The number of hydrogen-bond acceptors (Lipinski definition) is 10. The molecule has 0 unspecified atom stereocenters. The third-order valence-electron chi connectivity index (χ3n) is 8.68. The van der Waals surface area contributed by atoms with Crippen LogP contribution in [0.15, 0.2) is 105 Å². The molecule has 0 radical (unpaired) electrons. The average molecular weight is 1120 g/mol. The van der Waals surface area contributed by atoms with Crippen molar-refractivity contribution in [1.29, 1.82) is 0 Å². The second-order valence-electron chi connectivity index (χ2n) is 14.0. The molecule has 0 saturated heterocycles. The van der Waals surface area contributed by atoms with E-state index < -0.39 is 11.1 Å². The van der Waals surface area contributed by atoms with E-state index in [1.54, 1.807) is 61.3 Å². The molecular formula is C44H59I3N6O4. The number of aliphatic imine (C=N–C) groups is 4. The van der Waals surface area contributed by atoms with Crippen molar-refractivity contribution in [2.75, 3.05) is 49.1 Å². The summed E-state index contributed by atoms with van der Waals surface area (Å²) in [6, 6.07) is 25.5. The molecule has 0 bridgehead atoms. The standard InChI is InChI=1S/2C22H29N3O2.I2.HI/c2*1-5-25(6-2)19-12-11-18(21(27)13-19)14-23-16-22(3,4)24-15-17-9-7-8-10-20(17)26;1-2;/h2*7-15,26-27H,5-6,16H2,1-4H3;;1H. The summed E-state index contributed by atoms with van der Waals surface area (Å²) in [6.07, 6.45) is 6.69. The van der Waals surface area contributed by atoms with Gasteiger partial charge in [0.05, 0.1) is 24.2 Å². The van der Waals surface area contributed by atoms with Gasteiger partial charge in [0.2, 0.25) is 0 Å². The fraction of sp³-hybridized carbons (Fsp3) is 0.364. The number of phenolic OH excluding ortho intramolecular Hbond substituents is 4. The molecule has 0 aliphatic carbocycles. The Kier molecular flexibility index (Phi) is 24.0. The lowest BCUT2D eigenvalue weighted by molar-refractivity contribution is 0.473. The van der Waals surface area contributed by atoms with E-state index in [1.807, 2.05) is 76.2 Å². The van der Waals surface area contributed by atoms with Crippen LogP contribution in [0.2, 0.25) is 0 Å². The number of benzene rings is 4. The number of anilines is 2. The first-order chi connectivity index (χ1) is 26.7. The van der Waals surface area contributed by atoms with E-state index in [4.69, 9.17) is 0 Å². The summed E-state index contributed by atoms with van der Waals surface area (Å²) in [4.78, 5) is 22.3. The molecule has 0 heterocycles. The van der Waals surface area contributed by atoms with Crippen LogP contribution in [-0.2, 0) is 0 Å². The van der Waals surface area contributed by atoms with E-state index in [2.05, 4.69) is 94.7 Å². The first-order valence-electron chi connectivity index (χ1n) is 18.7. The minimum Gasteiger partial charge on any atom is -0.507 e. The molecule has 0 atom stereocenters. The lowest BCUT2D eigenvalue weighted by atomic mass is 10.1. The van der Waals surface area contributed by atoms with Gasteiger partial charge >= 0.3 is 0 Å². The first-order valence-corrected chi connectivity index (χ1v) is 25.0. The summed E-state index contributed by atoms with van der Waals surface area (Å²) in [6.45, 7) is 20.8. The highest BCUT2D eigenvalue weighted by Crippen LogP contribution is 2.25. The number of halogens is 3. The molecule has 0 fully saturated rings. The van der Waals surface area contributed by atoms with Gasteiger partial charge in [0.15, 0.2) is 0 Å². The fourth-order valence-electron chi connectivity index (χ4n) is 5.35. The van der Waals surface area contributed by atoms with E-state index in [0.29, 0.717) is 35.3 Å². The maximum Gasteiger partial charge on any atom is 0.126 e. The van der Waals surface area contributed by atoms with Crippen LogP contribution in [0.25, 0.3) is 0 Å². The molecule has 0 aliphatic heterocycles. The molecule has 0 amide bonds. The van der Waals surface area contributed by atoms with Crippen molar-refractivity contribution in [3.8, 4) is 23.0 Å². The molecular weight excluding hydrogens is 1060 g/mol. The molecule has 13 heteroatoms. The Morgan fingerprint density at radius 1 is 0.491 bits per heavy atom. The summed E-state index contributed by atoms with van der Waals surface area (Å²) >= 11 is 4.24. The Morgan fingerprint density at radius 2 is 0.807 bits per heavy atom. The first kappa shape index (κ1) is 51.6. The molecule has 4 N–H and O–H groups in total. The predicted molar refractivity (Wildman–Crippen MR) is 271 cm³/mol. The molecule has 57 heavy (non-hydrogen) atoms. The van der Waals surface area contributed by atoms with Crippen molar-refractivity contribution < 1.29 is 20.4 Å². The van der Waals surface area contributed by atoms with Crippen LogP contribution in [0.3, 0.4) is 0 Å². The van der Waals surface area contributed by atoms with Gasteiger partial charge in [-0.05, 0) is 104 Å². The van der Waals surface area contributed by atoms with Gasteiger partial charge in [0.25, 0.3) is 0 Å². The van der Waals surface area contributed by atoms with Gasteiger partial charge < -0.3 is 30.2 Å². The van der Waals surface area contributed by atoms with E-state index in [9.17, 15) is 20.4 Å².